The van der Waals surface area contributed by atoms with Gasteiger partial charge in [-0.3, -0.25) is 14.5 Å². The molecule has 2 aromatic rings. The van der Waals surface area contributed by atoms with Crippen LogP contribution in [0.15, 0.2) is 24.5 Å². The number of rotatable bonds is 8. The van der Waals surface area contributed by atoms with Gasteiger partial charge in [-0.25, -0.2) is 4.98 Å². The van der Waals surface area contributed by atoms with E-state index in [1.165, 1.54) is 0 Å². The molecule has 0 radical (unpaired) electrons. The lowest BCUT2D eigenvalue weighted by atomic mass is 10.00. The molecule has 0 spiro atoms. The second-order valence-corrected chi connectivity index (χ2v) is 8.04. The Balaban J connectivity index is 1.71. The Morgan fingerprint density at radius 1 is 1.32 bits per heavy atom. The van der Waals surface area contributed by atoms with Gasteiger partial charge in [0.1, 0.15) is 11.6 Å². The van der Waals surface area contributed by atoms with Crippen LogP contribution in [-0.4, -0.2) is 64.5 Å². The Labute approximate surface area is 184 Å². The largest absolute Gasteiger partial charge is 0.496 e. The third-order valence-electron chi connectivity index (χ3n) is 6.20. The molecule has 1 aliphatic rings. The molecule has 1 aromatic carbocycles. The number of carbonyl (C=O) groups excluding carboxylic acids is 2. The van der Waals surface area contributed by atoms with Gasteiger partial charge < -0.3 is 19.5 Å². The summed E-state index contributed by atoms with van der Waals surface area (Å²) in [6, 6.07) is 3.52. The van der Waals surface area contributed by atoms with Crippen LogP contribution in [0.3, 0.4) is 0 Å². The number of aromatic nitrogens is 2. The van der Waals surface area contributed by atoms with Crippen LogP contribution in [0.4, 0.5) is 0 Å². The minimum Gasteiger partial charge on any atom is -0.496 e. The van der Waals surface area contributed by atoms with E-state index in [0.29, 0.717) is 26.2 Å². The first kappa shape index (κ1) is 22.8. The lowest BCUT2D eigenvalue weighted by Crippen LogP contribution is -2.56. The highest BCUT2D eigenvalue weighted by atomic mass is 16.5. The summed E-state index contributed by atoms with van der Waals surface area (Å²) in [5, 5.41) is 2.91. The summed E-state index contributed by atoms with van der Waals surface area (Å²) >= 11 is 0. The van der Waals surface area contributed by atoms with Crippen molar-refractivity contribution in [2.75, 3.05) is 27.2 Å². The maximum absolute atomic E-state index is 13.0. The van der Waals surface area contributed by atoms with Crippen molar-refractivity contribution in [2.24, 2.45) is 0 Å². The second-order valence-electron chi connectivity index (χ2n) is 8.04. The number of carbonyl (C=O) groups is 2. The number of aryl methyl sites for hydroxylation is 1. The van der Waals surface area contributed by atoms with E-state index >= 15 is 0 Å². The van der Waals surface area contributed by atoms with Crippen molar-refractivity contribution in [3.8, 4) is 5.75 Å². The molecule has 0 saturated carbocycles. The molecule has 1 N–H and O–H groups in total. The number of nitrogens with one attached hydrogen (secondary N) is 1. The van der Waals surface area contributed by atoms with Crippen molar-refractivity contribution in [1.29, 1.82) is 0 Å². The van der Waals surface area contributed by atoms with Gasteiger partial charge in [0.25, 0.3) is 0 Å². The molecule has 1 fully saturated rings. The fraction of sp³-hybridized carbons (Fsp3) is 0.522. The van der Waals surface area contributed by atoms with Gasteiger partial charge in [-0.1, -0.05) is 6.07 Å². The average Bonchev–Trinajstić information content (AvgIpc) is 3.20. The summed E-state index contributed by atoms with van der Waals surface area (Å²) in [6.07, 6.45) is 3.79. The van der Waals surface area contributed by atoms with Crippen LogP contribution in [-0.2, 0) is 29.2 Å². The minimum atomic E-state index is -0.489. The van der Waals surface area contributed by atoms with Crippen molar-refractivity contribution in [2.45, 2.75) is 52.9 Å². The van der Waals surface area contributed by atoms with Gasteiger partial charge >= 0.3 is 0 Å². The molecule has 0 unspecified atom stereocenters. The van der Waals surface area contributed by atoms with Crippen LogP contribution in [0.5, 0.6) is 5.75 Å². The zero-order valence-corrected chi connectivity index (χ0v) is 19.1. The SMILES string of the molecule is CCn1ccnc1CN(C)C(=O)C[C@@H]1C(=O)NCCN1Cc1ccc(OC)c(C)c1C. The molecule has 1 aromatic heterocycles. The predicted octanol–water partition coefficient (Wildman–Crippen LogP) is 1.88. The standard InChI is InChI=1S/C23H33N5O3/c1-6-27-11-9-24-21(27)15-26(4)22(29)13-19-23(30)25-10-12-28(19)14-18-7-8-20(31-5)17(3)16(18)2/h7-9,11,19H,6,10,12-15H2,1-5H3,(H,25,30)/t19-/m1/s1. The summed E-state index contributed by atoms with van der Waals surface area (Å²) in [5.74, 6) is 1.54. The van der Waals surface area contributed by atoms with E-state index in [-0.39, 0.29) is 18.2 Å². The molecular formula is C23H33N5O3. The zero-order valence-electron chi connectivity index (χ0n) is 19.1. The molecule has 8 heteroatoms. The van der Waals surface area contributed by atoms with Gasteiger partial charge in [-0.15, -0.1) is 0 Å². The third kappa shape index (κ3) is 5.07. The number of hydrogen-bond acceptors (Lipinski definition) is 5. The molecule has 31 heavy (non-hydrogen) atoms. The van der Waals surface area contributed by atoms with Gasteiger partial charge in [0, 0.05) is 45.6 Å². The topological polar surface area (TPSA) is 79.7 Å². The van der Waals surface area contributed by atoms with E-state index in [4.69, 9.17) is 4.74 Å². The van der Waals surface area contributed by atoms with E-state index < -0.39 is 6.04 Å². The van der Waals surface area contributed by atoms with Crippen molar-refractivity contribution in [3.63, 3.8) is 0 Å². The van der Waals surface area contributed by atoms with E-state index in [2.05, 4.69) is 22.1 Å². The summed E-state index contributed by atoms with van der Waals surface area (Å²) in [4.78, 5) is 33.7. The van der Waals surface area contributed by atoms with Crippen molar-refractivity contribution in [3.05, 3.63) is 47.0 Å². The maximum atomic E-state index is 13.0. The Morgan fingerprint density at radius 3 is 2.81 bits per heavy atom. The van der Waals surface area contributed by atoms with Crippen LogP contribution in [0.25, 0.3) is 0 Å². The zero-order chi connectivity index (χ0) is 22.5. The normalized spacial score (nSPS) is 16.8. The van der Waals surface area contributed by atoms with Crippen LogP contribution >= 0.6 is 0 Å². The monoisotopic (exact) mass is 427 g/mol. The summed E-state index contributed by atoms with van der Waals surface area (Å²) in [7, 11) is 3.43. The van der Waals surface area contributed by atoms with Crippen LogP contribution in [0.2, 0.25) is 0 Å². The average molecular weight is 428 g/mol. The Morgan fingerprint density at radius 2 is 2.10 bits per heavy atom. The fourth-order valence-corrected chi connectivity index (χ4v) is 4.04. The first-order valence-corrected chi connectivity index (χ1v) is 10.7. The molecule has 2 amide bonds. The van der Waals surface area contributed by atoms with Crippen molar-refractivity contribution in [1.82, 2.24) is 24.7 Å². The molecule has 2 heterocycles. The van der Waals surface area contributed by atoms with Gasteiger partial charge in [0.05, 0.1) is 26.1 Å². The molecule has 8 nitrogen and oxygen atoms in total. The minimum absolute atomic E-state index is 0.0691. The molecule has 1 atom stereocenters. The first-order valence-electron chi connectivity index (χ1n) is 10.7. The number of benzene rings is 1. The third-order valence-corrected chi connectivity index (χ3v) is 6.20. The van der Waals surface area contributed by atoms with Gasteiger partial charge in [-0.2, -0.15) is 0 Å². The van der Waals surface area contributed by atoms with Gasteiger partial charge in [0.15, 0.2) is 0 Å². The number of piperazine rings is 1. The summed E-state index contributed by atoms with van der Waals surface area (Å²) in [5.41, 5.74) is 3.39. The van der Waals surface area contributed by atoms with Crippen molar-refractivity contribution >= 4 is 11.8 Å². The second kappa shape index (κ2) is 9.96. The Kier molecular flexibility index (Phi) is 7.33. The quantitative estimate of drug-likeness (QED) is 0.696. The summed E-state index contributed by atoms with van der Waals surface area (Å²) < 4.78 is 7.42. The lowest BCUT2D eigenvalue weighted by molar-refractivity contribution is -0.138. The summed E-state index contributed by atoms with van der Waals surface area (Å²) in [6.45, 7) is 9.28. The molecule has 168 valence electrons. The first-order chi connectivity index (χ1) is 14.8. The fourth-order valence-electron chi connectivity index (χ4n) is 4.04. The van der Waals surface area contributed by atoms with E-state index in [9.17, 15) is 9.59 Å². The highest BCUT2D eigenvalue weighted by Gasteiger charge is 2.33. The smallest absolute Gasteiger partial charge is 0.237 e. The molecular weight excluding hydrogens is 394 g/mol. The van der Waals surface area contributed by atoms with Crippen molar-refractivity contribution < 1.29 is 14.3 Å². The molecule has 1 aliphatic heterocycles. The number of imidazole rings is 1. The molecule has 1 saturated heterocycles. The Bertz CT molecular complexity index is 939. The van der Waals surface area contributed by atoms with Gasteiger partial charge in [0.2, 0.25) is 11.8 Å². The predicted molar refractivity (Wildman–Crippen MR) is 119 cm³/mol. The van der Waals surface area contributed by atoms with Crippen LogP contribution in [0.1, 0.15) is 35.9 Å². The Hall–Kier alpha value is -2.87. The molecule has 0 bridgehead atoms. The molecule has 0 aliphatic carbocycles. The van der Waals surface area contributed by atoms with Crippen LogP contribution < -0.4 is 10.1 Å². The number of nitrogens with zero attached hydrogens (tertiary/aromatic N) is 4. The van der Waals surface area contributed by atoms with E-state index in [1.54, 1.807) is 25.3 Å². The number of ether oxygens (including phenoxy) is 1. The lowest BCUT2D eigenvalue weighted by Gasteiger charge is -2.36. The van der Waals surface area contributed by atoms with E-state index in [0.717, 1.165) is 34.8 Å². The highest BCUT2D eigenvalue weighted by Crippen LogP contribution is 2.26. The number of hydrogen-bond donors (Lipinski definition) is 1. The number of amides is 2. The van der Waals surface area contributed by atoms with E-state index in [1.807, 2.05) is 36.7 Å². The van der Waals surface area contributed by atoms with Gasteiger partial charge in [-0.05, 0) is 43.5 Å². The number of methoxy groups -OCH3 is 1. The molecule has 3 rings (SSSR count). The van der Waals surface area contributed by atoms with Crippen LogP contribution in [0, 0.1) is 13.8 Å². The maximum Gasteiger partial charge on any atom is 0.237 e. The highest BCUT2D eigenvalue weighted by molar-refractivity contribution is 5.88.